The van der Waals surface area contributed by atoms with Crippen molar-refractivity contribution in [1.29, 1.82) is 0 Å². The van der Waals surface area contributed by atoms with Crippen LogP contribution in [0.3, 0.4) is 0 Å². The van der Waals surface area contributed by atoms with Gasteiger partial charge in [-0.05, 0) is 30.7 Å². The quantitative estimate of drug-likeness (QED) is 0.471. The van der Waals surface area contributed by atoms with Crippen LogP contribution >= 0.6 is 11.6 Å². The topological polar surface area (TPSA) is 93.4 Å². The summed E-state index contributed by atoms with van der Waals surface area (Å²) in [4.78, 5) is 21.2. The van der Waals surface area contributed by atoms with Crippen molar-refractivity contribution in [2.75, 3.05) is 23.9 Å². The van der Waals surface area contributed by atoms with E-state index in [1.54, 1.807) is 24.3 Å². The molecule has 4 rings (SSSR count). The van der Waals surface area contributed by atoms with Crippen molar-refractivity contribution in [3.63, 3.8) is 0 Å². The second-order valence-corrected chi connectivity index (χ2v) is 7.09. The Morgan fingerprint density at radius 3 is 2.80 bits per heavy atom. The van der Waals surface area contributed by atoms with Crippen molar-refractivity contribution in [2.45, 2.75) is 13.0 Å². The van der Waals surface area contributed by atoms with Crippen LogP contribution in [0.5, 0.6) is 5.75 Å². The van der Waals surface area contributed by atoms with Crippen molar-refractivity contribution < 1.29 is 14.1 Å². The van der Waals surface area contributed by atoms with Gasteiger partial charge in [0.05, 0.1) is 24.3 Å². The van der Waals surface area contributed by atoms with E-state index in [4.69, 9.17) is 16.3 Å². The van der Waals surface area contributed by atoms with E-state index < -0.39 is 10.7 Å². The number of halogens is 2. The third-order valence-electron chi connectivity index (χ3n) is 4.91. The van der Waals surface area contributed by atoms with Crippen LogP contribution in [0, 0.1) is 15.9 Å². The number of hydrogen-bond donors (Lipinski definition) is 1. The minimum absolute atomic E-state index is 0.0925. The molecule has 1 aliphatic rings. The third-order valence-corrected chi connectivity index (χ3v) is 5.22. The van der Waals surface area contributed by atoms with E-state index in [-0.39, 0.29) is 16.5 Å². The second kappa shape index (κ2) is 8.11. The first kappa shape index (κ1) is 19.8. The fourth-order valence-electron chi connectivity index (χ4n) is 3.40. The highest BCUT2D eigenvalue weighted by Crippen LogP contribution is 2.33. The molecule has 0 bridgehead atoms. The molecule has 1 aromatic heterocycles. The molecule has 1 aliphatic heterocycles. The molecule has 3 aromatic rings. The zero-order chi connectivity index (χ0) is 21.3. The highest BCUT2D eigenvalue weighted by Gasteiger charge is 2.23. The van der Waals surface area contributed by atoms with E-state index in [0.717, 1.165) is 16.9 Å². The lowest BCUT2D eigenvalue weighted by atomic mass is 10.0. The number of fused-ring (bicyclic) bond motifs is 1. The summed E-state index contributed by atoms with van der Waals surface area (Å²) >= 11 is 6.05. The summed E-state index contributed by atoms with van der Waals surface area (Å²) in [6.45, 7) is 1.15. The molecule has 0 unspecified atom stereocenters. The minimum Gasteiger partial charge on any atom is -0.494 e. The molecule has 0 radical (unpaired) electrons. The molecule has 0 spiro atoms. The van der Waals surface area contributed by atoms with Crippen LogP contribution < -0.4 is 15.0 Å². The Morgan fingerprint density at radius 2 is 2.10 bits per heavy atom. The largest absolute Gasteiger partial charge is 0.494 e. The molecular formula is C20H17ClFN5O3. The normalized spacial score (nSPS) is 13.0. The number of nitrogens with one attached hydrogen (secondary N) is 1. The van der Waals surface area contributed by atoms with Gasteiger partial charge in [-0.25, -0.2) is 14.4 Å². The van der Waals surface area contributed by atoms with Crippen LogP contribution in [0.4, 0.5) is 27.3 Å². The highest BCUT2D eigenvalue weighted by atomic mass is 35.5. The minimum atomic E-state index is -0.509. The van der Waals surface area contributed by atoms with Crippen LogP contribution in [-0.4, -0.2) is 28.5 Å². The summed E-state index contributed by atoms with van der Waals surface area (Å²) < 4.78 is 18.9. The van der Waals surface area contributed by atoms with Gasteiger partial charge >= 0.3 is 0 Å². The maximum absolute atomic E-state index is 14.0. The standard InChI is InChI=1S/C20H17ClFN5O3/c1-30-19-5-2-12(8-16(19)22)25-20-14-6-7-26(10-17(14)23-11-24-20)13-3-4-18(27(28)29)15(21)9-13/h2-5,8-9,11H,6-7,10H2,1H3,(H,23,24,25). The molecule has 10 heteroatoms. The average molecular weight is 430 g/mol. The fourth-order valence-corrected chi connectivity index (χ4v) is 3.65. The number of aromatic nitrogens is 2. The Morgan fingerprint density at radius 1 is 1.27 bits per heavy atom. The summed E-state index contributed by atoms with van der Waals surface area (Å²) in [6.07, 6.45) is 2.10. The first-order valence-electron chi connectivity index (χ1n) is 9.08. The molecule has 1 N–H and O–H groups in total. The van der Waals surface area contributed by atoms with Gasteiger partial charge in [-0.3, -0.25) is 10.1 Å². The summed E-state index contributed by atoms with van der Waals surface area (Å²) in [5.74, 6) is 0.320. The molecule has 0 atom stereocenters. The average Bonchev–Trinajstić information content (AvgIpc) is 2.73. The lowest BCUT2D eigenvalue weighted by Gasteiger charge is -2.30. The zero-order valence-corrected chi connectivity index (χ0v) is 16.7. The van der Waals surface area contributed by atoms with Crippen LogP contribution in [0.15, 0.2) is 42.7 Å². The first-order valence-corrected chi connectivity index (χ1v) is 9.46. The van der Waals surface area contributed by atoms with Crippen molar-refractivity contribution >= 4 is 34.5 Å². The van der Waals surface area contributed by atoms with Gasteiger partial charge in [0.15, 0.2) is 11.6 Å². The summed E-state index contributed by atoms with van der Waals surface area (Å²) in [7, 11) is 1.41. The molecule has 154 valence electrons. The second-order valence-electron chi connectivity index (χ2n) is 6.69. The van der Waals surface area contributed by atoms with Crippen LogP contribution in [0.2, 0.25) is 5.02 Å². The van der Waals surface area contributed by atoms with Gasteiger partial charge in [0, 0.05) is 35.6 Å². The predicted molar refractivity (Wildman–Crippen MR) is 111 cm³/mol. The van der Waals surface area contributed by atoms with Gasteiger partial charge in [-0.1, -0.05) is 11.6 Å². The van der Waals surface area contributed by atoms with E-state index in [1.165, 1.54) is 25.6 Å². The molecule has 0 amide bonds. The van der Waals surface area contributed by atoms with Crippen molar-refractivity contribution in [3.8, 4) is 5.75 Å². The maximum atomic E-state index is 14.0. The van der Waals surface area contributed by atoms with Crippen LogP contribution in [0.1, 0.15) is 11.3 Å². The monoisotopic (exact) mass is 429 g/mol. The lowest BCUT2D eigenvalue weighted by Crippen LogP contribution is -2.31. The molecule has 0 saturated carbocycles. The Balaban J connectivity index is 1.56. The Hall–Kier alpha value is -3.46. The van der Waals surface area contributed by atoms with Gasteiger partial charge in [0.2, 0.25) is 0 Å². The predicted octanol–water partition coefficient (Wildman–Crippen LogP) is 4.49. The number of rotatable bonds is 5. The fraction of sp³-hybridized carbons (Fsp3) is 0.200. The number of nitro benzene ring substituents is 1. The zero-order valence-electron chi connectivity index (χ0n) is 15.9. The van der Waals surface area contributed by atoms with Gasteiger partial charge < -0.3 is 15.0 Å². The van der Waals surface area contributed by atoms with Gasteiger partial charge in [-0.15, -0.1) is 0 Å². The van der Waals surface area contributed by atoms with E-state index in [0.29, 0.717) is 31.0 Å². The van der Waals surface area contributed by atoms with Gasteiger partial charge in [0.25, 0.3) is 5.69 Å². The molecule has 2 heterocycles. The highest BCUT2D eigenvalue weighted by molar-refractivity contribution is 6.32. The lowest BCUT2D eigenvalue weighted by molar-refractivity contribution is -0.384. The van der Waals surface area contributed by atoms with E-state index in [9.17, 15) is 14.5 Å². The van der Waals surface area contributed by atoms with Gasteiger partial charge in [0.1, 0.15) is 17.2 Å². The van der Waals surface area contributed by atoms with E-state index in [2.05, 4.69) is 15.3 Å². The summed E-state index contributed by atoms with van der Waals surface area (Å²) in [5, 5.41) is 14.2. The van der Waals surface area contributed by atoms with Crippen molar-refractivity contribution in [3.05, 3.63) is 74.9 Å². The van der Waals surface area contributed by atoms with E-state index >= 15 is 0 Å². The molecule has 30 heavy (non-hydrogen) atoms. The summed E-state index contributed by atoms with van der Waals surface area (Å²) in [6, 6.07) is 9.27. The number of ether oxygens (including phenoxy) is 1. The van der Waals surface area contributed by atoms with Crippen molar-refractivity contribution in [2.24, 2.45) is 0 Å². The molecule has 0 saturated heterocycles. The van der Waals surface area contributed by atoms with Crippen LogP contribution in [-0.2, 0) is 13.0 Å². The Kier molecular flexibility index (Phi) is 5.37. The number of nitro groups is 1. The number of hydrogen-bond acceptors (Lipinski definition) is 7. The van der Waals surface area contributed by atoms with Crippen molar-refractivity contribution in [1.82, 2.24) is 9.97 Å². The molecule has 0 aliphatic carbocycles. The number of nitrogens with zero attached hydrogens (tertiary/aromatic N) is 4. The smallest absolute Gasteiger partial charge is 0.288 e. The van der Waals surface area contributed by atoms with Gasteiger partial charge in [-0.2, -0.15) is 0 Å². The number of anilines is 3. The Labute approximate surface area is 176 Å². The Bertz CT molecular complexity index is 1130. The SMILES string of the molecule is COc1ccc(Nc2ncnc3c2CCN(c2ccc([N+](=O)[O-])c(Cl)c2)C3)cc1F. The van der Waals surface area contributed by atoms with Crippen LogP contribution in [0.25, 0.3) is 0 Å². The number of benzene rings is 2. The maximum Gasteiger partial charge on any atom is 0.288 e. The molecule has 0 fully saturated rings. The molecular weight excluding hydrogens is 413 g/mol. The summed E-state index contributed by atoms with van der Waals surface area (Å²) in [5.41, 5.74) is 2.97. The third kappa shape index (κ3) is 3.84. The first-order chi connectivity index (χ1) is 14.5. The van der Waals surface area contributed by atoms with E-state index in [1.807, 2.05) is 4.90 Å². The molecule has 2 aromatic carbocycles. The molecule has 8 nitrogen and oxygen atoms in total. The number of methoxy groups -OCH3 is 1.